The molecule has 0 aliphatic carbocycles. The SMILES string of the molecule is O=Cc1ccc(N(Br)Br)o1. The number of halogens is 2. The van der Waals surface area contributed by atoms with Crippen LogP contribution in [0.1, 0.15) is 10.6 Å². The molecule has 0 unspecified atom stereocenters. The zero-order valence-electron chi connectivity index (χ0n) is 4.75. The van der Waals surface area contributed by atoms with Crippen molar-refractivity contribution in [2.45, 2.75) is 0 Å². The maximum Gasteiger partial charge on any atom is 0.216 e. The Morgan fingerprint density at radius 3 is 2.50 bits per heavy atom. The molecule has 5 heteroatoms. The Morgan fingerprint density at radius 1 is 1.50 bits per heavy atom. The van der Waals surface area contributed by atoms with Gasteiger partial charge in [0.1, 0.15) is 0 Å². The summed E-state index contributed by atoms with van der Waals surface area (Å²) < 4.78 is 6.38. The van der Waals surface area contributed by atoms with Crippen molar-refractivity contribution in [2.75, 3.05) is 2.95 Å². The summed E-state index contributed by atoms with van der Waals surface area (Å²) in [5.74, 6) is 0.834. The topological polar surface area (TPSA) is 33.5 Å². The molecule has 54 valence electrons. The number of rotatable bonds is 2. The van der Waals surface area contributed by atoms with Crippen LogP contribution in [-0.2, 0) is 0 Å². The van der Waals surface area contributed by atoms with Crippen molar-refractivity contribution < 1.29 is 9.21 Å². The lowest BCUT2D eigenvalue weighted by molar-refractivity contribution is 0.110. The van der Waals surface area contributed by atoms with E-state index < -0.39 is 0 Å². The molecule has 0 amide bonds. The molecular formula is C5H3Br2NO2. The Kier molecular flexibility index (Phi) is 2.50. The molecule has 1 aromatic heterocycles. The summed E-state index contributed by atoms with van der Waals surface area (Å²) in [4.78, 5) is 10.1. The molecule has 10 heavy (non-hydrogen) atoms. The lowest BCUT2D eigenvalue weighted by Crippen LogP contribution is -1.85. The highest BCUT2D eigenvalue weighted by Crippen LogP contribution is 2.23. The van der Waals surface area contributed by atoms with Crippen molar-refractivity contribution in [3.8, 4) is 0 Å². The van der Waals surface area contributed by atoms with Gasteiger partial charge in [-0.3, -0.25) is 4.79 Å². The molecule has 0 aliphatic rings. The first-order valence-corrected chi connectivity index (χ1v) is 3.82. The first-order valence-electron chi connectivity index (χ1n) is 2.40. The van der Waals surface area contributed by atoms with Crippen molar-refractivity contribution in [1.82, 2.24) is 0 Å². The molecular weight excluding hydrogens is 266 g/mol. The number of carbonyl (C=O) groups is 1. The first-order chi connectivity index (χ1) is 4.74. The van der Waals surface area contributed by atoms with Crippen LogP contribution in [0.15, 0.2) is 16.5 Å². The van der Waals surface area contributed by atoms with E-state index in [0.29, 0.717) is 17.9 Å². The molecule has 3 nitrogen and oxygen atoms in total. The molecule has 1 aromatic rings. The van der Waals surface area contributed by atoms with E-state index >= 15 is 0 Å². The summed E-state index contributed by atoms with van der Waals surface area (Å²) in [6, 6.07) is 3.24. The molecule has 0 bridgehead atoms. The molecule has 0 radical (unpaired) electrons. The molecule has 1 rings (SSSR count). The highest BCUT2D eigenvalue weighted by Gasteiger charge is 2.03. The summed E-state index contributed by atoms with van der Waals surface area (Å²) in [6.45, 7) is 0. The van der Waals surface area contributed by atoms with Crippen molar-refractivity contribution in [3.63, 3.8) is 0 Å². The Labute approximate surface area is 74.7 Å². The molecule has 0 spiro atoms. The van der Waals surface area contributed by atoms with Crippen LogP contribution in [-0.4, -0.2) is 6.29 Å². The van der Waals surface area contributed by atoms with Crippen molar-refractivity contribution in [1.29, 1.82) is 0 Å². The quantitative estimate of drug-likeness (QED) is 0.611. The molecule has 0 fully saturated rings. The van der Waals surface area contributed by atoms with Gasteiger partial charge in [-0.25, -0.2) is 2.95 Å². The van der Waals surface area contributed by atoms with Gasteiger partial charge in [0, 0.05) is 6.07 Å². The summed E-state index contributed by atoms with van der Waals surface area (Å²) in [5.41, 5.74) is 0. The van der Waals surface area contributed by atoms with Crippen molar-refractivity contribution in [2.24, 2.45) is 0 Å². The van der Waals surface area contributed by atoms with E-state index in [1.165, 1.54) is 2.95 Å². The van der Waals surface area contributed by atoms with E-state index in [1.54, 1.807) is 12.1 Å². The number of hydrogen-bond donors (Lipinski definition) is 0. The Hall–Kier alpha value is -0.290. The third-order valence-electron chi connectivity index (χ3n) is 0.895. The normalized spacial score (nSPS) is 9.40. The van der Waals surface area contributed by atoms with E-state index in [9.17, 15) is 4.79 Å². The number of nitrogens with zero attached hydrogens (tertiary/aromatic N) is 1. The highest BCUT2D eigenvalue weighted by molar-refractivity contribution is 9.25. The van der Waals surface area contributed by atoms with Gasteiger partial charge in [0.15, 0.2) is 12.0 Å². The zero-order valence-corrected chi connectivity index (χ0v) is 7.92. The molecule has 0 aromatic carbocycles. The van der Waals surface area contributed by atoms with E-state index in [2.05, 4.69) is 32.3 Å². The van der Waals surface area contributed by atoms with Gasteiger partial charge in [0.2, 0.25) is 5.88 Å². The van der Waals surface area contributed by atoms with Crippen LogP contribution in [0.3, 0.4) is 0 Å². The van der Waals surface area contributed by atoms with Crippen LogP contribution in [0.2, 0.25) is 0 Å². The second-order valence-electron chi connectivity index (χ2n) is 1.53. The van der Waals surface area contributed by atoms with Crippen LogP contribution < -0.4 is 2.95 Å². The predicted octanol–water partition coefficient (Wildman–Crippen LogP) is 2.52. The third-order valence-corrected chi connectivity index (χ3v) is 1.59. The molecule has 0 N–H and O–H groups in total. The lowest BCUT2D eigenvalue weighted by atomic mass is 10.5. The minimum atomic E-state index is 0.305. The summed E-state index contributed by atoms with van der Waals surface area (Å²) >= 11 is 6.13. The summed E-state index contributed by atoms with van der Waals surface area (Å²) in [5, 5.41) is 0. The van der Waals surface area contributed by atoms with Gasteiger partial charge in [-0.05, 0) is 6.07 Å². The lowest BCUT2D eigenvalue weighted by Gasteiger charge is -1.98. The molecule has 1 heterocycles. The number of carbonyl (C=O) groups excluding carboxylic acids is 1. The third kappa shape index (κ3) is 1.60. The fourth-order valence-corrected chi connectivity index (χ4v) is 0.878. The largest absolute Gasteiger partial charge is 0.436 e. The van der Waals surface area contributed by atoms with Gasteiger partial charge in [-0.15, -0.1) is 0 Å². The number of hydrogen-bond acceptors (Lipinski definition) is 3. The van der Waals surface area contributed by atoms with Crippen molar-refractivity contribution >= 4 is 44.5 Å². The van der Waals surface area contributed by atoms with Crippen molar-refractivity contribution in [3.05, 3.63) is 17.9 Å². The monoisotopic (exact) mass is 267 g/mol. The summed E-state index contributed by atoms with van der Waals surface area (Å²) in [7, 11) is 0. The Morgan fingerprint density at radius 2 is 2.20 bits per heavy atom. The number of aldehydes is 1. The smallest absolute Gasteiger partial charge is 0.216 e. The molecule has 0 saturated carbocycles. The average molecular weight is 269 g/mol. The highest BCUT2D eigenvalue weighted by atomic mass is 79.9. The average Bonchev–Trinajstić information content (AvgIpc) is 2.34. The van der Waals surface area contributed by atoms with E-state index in [-0.39, 0.29) is 0 Å². The fraction of sp³-hybridized carbons (Fsp3) is 0. The Bertz CT molecular complexity index is 233. The zero-order chi connectivity index (χ0) is 7.56. The number of furan rings is 1. The second-order valence-corrected chi connectivity index (χ2v) is 3.90. The molecule has 0 aliphatic heterocycles. The maximum absolute atomic E-state index is 10.1. The van der Waals surface area contributed by atoms with Crippen LogP contribution in [0.25, 0.3) is 0 Å². The minimum Gasteiger partial charge on any atom is -0.436 e. The van der Waals surface area contributed by atoms with E-state index in [0.717, 1.165) is 0 Å². The van der Waals surface area contributed by atoms with Gasteiger partial charge in [0.05, 0.1) is 32.3 Å². The minimum absolute atomic E-state index is 0.305. The van der Waals surface area contributed by atoms with Gasteiger partial charge in [-0.2, -0.15) is 0 Å². The van der Waals surface area contributed by atoms with Crippen LogP contribution in [0.4, 0.5) is 5.88 Å². The standard InChI is InChI=1S/C5H3Br2NO2/c6-8(7)5-2-1-4(3-9)10-5/h1-3H. The van der Waals surface area contributed by atoms with Gasteiger partial charge in [-0.1, -0.05) is 0 Å². The number of anilines is 1. The maximum atomic E-state index is 10.1. The summed E-state index contributed by atoms with van der Waals surface area (Å²) in [6.07, 6.45) is 0.646. The molecule has 0 saturated heterocycles. The van der Waals surface area contributed by atoms with Crippen LogP contribution in [0, 0.1) is 0 Å². The Balaban J connectivity index is 2.88. The van der Waals surface area contributed by atoms with E-state index in [4.69, 9.17) is 4.42 Å². The van der Waals surface area contributed by atoms with Crippen LogP contribution >= 0.6 is 32.3 Å². The molecule has 0 atom stereocenters. The van der Waals surface area contributed by atoms with E-state index in [1.807, 2.05) is 0 Å². The predicted molar refractivity (Wildman–Crippen MR) is 44.4 cm³/mol. The van der Waals surface area contributed by atoms with Gasteiger partial charge < -0.3 is 4.42 Å². The second kappa shape index (κ2) is 3.21. The first kappa shape index (κ1) is 7.81. The van der Waals surface area contributed by atoms with Gasteiger partial charge in [0.25, 0.3) is 0 Å². The van der Waals surface area contributed by atoms with Crippen LogP contribution in [0.5, 0.6) is 0 Å². The fourth-order valence-electron chi connectivity index (χ4n) is 0.496. The van der Waals surface area contributed by atoms with Gasteiger partial charge >= 0.3 is 0 Å².